The lowest BCUT2D eigenvalue weighted by Gasteiger charge is -2.41. The molecule has 0 amide bonds. The Balaban J connectivity index is 3.03. The fourth-order valence-electron chi connectivity index (χ4n) is 1.92. The molecular weight excluding hydrogens is 214 g/mol. The van der Waals surface area contributed by atoms with Gasteiger partial charge in [-0.15, -0.1) is 0 Å². The minimum Gasteiger partial charge on any atom is -0.394 e. The maximum absolute atomic E-state index is 9.44. The Hall–Kier alpha value is -0.970. The number of aromatic nitrogens is 1. The molecule has 2 unspecified atom stereocenters. The Kier molecular flexibility index (Phi) is 4.62. The van der Waals surface area contributed by atoms with Gasteiger partial charge < -0.3 is 10.8 Å². The van der Waals surface area contributed by atoms with Gasteiger partial charge in [0.1, 0.15) is 0 Å². The van der Waals surface area contributed by atoms with Gasteiger partial charge in [-0.05, 0) is 39.4 Å². The van der Waals surface area contributed by atoms with Gasteiger partial charge in [0.15, 0.2) is 0 Å². The standard InChI is InChI=1S/C13H23N3O/c1-10(14)12(11-6-5-7-15-8-11)16(4)13(2,3)9-17/h5-8,10,12,17H,9,14H2,1-4H3. The van der Waals surface area contributed by atoms with Gasteiger partial charge in [-0.3, -0.25) is 9.88 Å². The smallest absolute Gasteiger partial charge is 0.0610 e. The SMILES string of the molecule is CC(N)C(c1cccnc1)N(C)C(C)(C)CO. The van der Waals surface area contributed by atoms with Gasteiger partial charge in [-0.1, -0.05) is 6.07 Å². The van der Waals surface area contributed by atoms with E-state index in [0.717, 1.165) is 5.56 Å². The Morgan fingerprint density at radius 2 is 2.18 bits per heavy atom. The third-order valence-electron chi connectivity index (χ3n) is 3.28. The molecule has 0 saturated carbocycles. The number of nitrogens with two attached hydrogens (primary N) is 1. The van der Waals surface area contributed by atoms with E-state index in [2.05, 4.69) is 9.88 Å². The van der Waals surface area contributed by atoms with Crippen LogP contribution in [0.2, 0.25) is 0 Å². The van der Waals surface area contributed by atoms with Crippen LogP contribution in [0.5, 0.6) is 0 Å². The summed E-state index contributed by atoms with van der Waals surface area (Å²) in [6.45, 7) is 6.06. The molecule has 1 aromatic rings. The number of likely N-dealkylation sites (N-methyl/N-ethyl adjacent to an activating group) is 1. The van der Waals surface area contributed by atoms with E-state index in [4.69, 9.17) is 5.73 Å². The van der Waals surface area contributed by atoms with Gasteiger partial charge in [0.25, 0.3) is 0 Å². The number of rotatable bonds is 5. The first kappa shape index (κ1) is 14.1. The topological polar surface area (TPSA) is 62.4 Å². The van der Waals surface area contributed by atoms with E-state index in [0.29, 0.717) is 0 Å². The Morgan fingerprint density at radius 3 is 2.59 bits per heavy atom. The van der Waals surface area contributed by atoms with Crippen molar-refractivity contribution in [3.63, 3.8) is 0 Å². The van der Waals surface area contributed by atoms with Crippen molar-refractivity contribution in [3.8, 4) is 0 Å². The molecule has 0 aliphatic rings. The van der Waals surface area contributed by atoms with E-state index in [1.54, 1.807) is 6.20 Å². The molecule has 1 aromatic heterocycles. The van der Waals surface area contributed by atoms with Crippen LogP contribution in [0.3, 0.4) is 0 Å². The van der Waals surface area contributed by atoms with E-state index < -0.39 is 0 Å². The van der Waals surface area contributed by atoms with Crippen LogP contribution >= 0.6 is 0 Å². The van der Waals surface area contributed by atoms with Crippen LogP contribution in [0.4, 0.5) is 0 Å². The van der Waals surface area contributed by atoms with Gasteiger partial charge in [-0.2, -0.15) is 0 Å². The number of hydrogen-bond donors (Lipinski definition) is 2. The zero-order valence-corrected chi connectivity index (χ0v) is 11.1. The molecule has 17 heavy (non-hydrogen) atoms. The predicted molar refractivity (Wildman–Crippen MR) is 69.6 cm³/mol. The summed E-state index contributed by atoms with van der Waals surface area (Å²) in [6, 6.07) is 3.94. The largest absolute Gasteiger partial charge is 0.394 e. The molecule has 0 saturated heterocycles. The fourth-order valence-corrected chi connectivity index (χ4v) is 1.92. The van der Waals surface area contributed by atoms with Gasteiger partial charge in [-0.25, -0.2) is 0 Å². The highest BCUT2D eigenvalue weighted by atomic mass is 16.3. The van der Waals surface area contributed by atoms with Gasteiger partial charge >= 0.3 is 0 Å². The lowest BCUT2D eigenvalue weighted by molar-refractivity contribution is 0.0369. The van der Waals surface area contributed by atoms with Crippen molar-refractivity contribution in [2.24, 2.45) is 5.73 Å². The van der Waals surface area contributed by atoms with E-state index in [-0.39, 0.29) is 24.2 Å². The van der Waals surface area contributed by atoms with Crippen LogP contribution in [0.25, 0.3) is 0 Å². The molecule has 3 N–H and O–H groups in total. The predicted octanol–water partition coefficient (Wildman–Crippen LogP) is 1.17. The van der Waals surface area contributed by atoms with Crippen LogP contribution in [-0.2, 0) is 0 Å². The van der Waals surface area contributed by atoms with Crippen LogP contribution in [0.1, 0.15) is 32.4 Å². The van der Waals surface area contributed by atoms with Crippen molar-refractivity contribution in [3.05, 3.63) is 30.1 Å². The minimum atomic E-state index is -0.311. The Morgan fingerprint density at radius 1 is 1.53 bits per heavy atom. The highest BCUT2D eigenvalue weighted by molar-refractivity contribution is 5.16. The quantitative estimate of drug-likeness (QED) is 0.807. The molecule has 2 atom stereocenters. The zero-order valence-electron chi connectivity index (χ0n) is 11.1. The number of aliphatic hydroxyl groups excluding tert-OH is 1. The minimum absolute atomic E-state index is 0.0324. The maximum Gasteiger partial charge on any atom is 0.0610 e. The maximum atomic E-state index is 9.44. The van der Waals surface area contributed by atoms with Gasteiger partial charge in [0.2, 0.25) is 0 Å². The van der Waals surface area contributed by atoms with Crippen molar-refractivity contribution in [1.82, 2.24) is 9.88 Å². The third-order valence-corrected chi connectivity index (χ3v) is 3.28. The molecule has 0 radical (unpaired) electrons. The van der Waals surface area contributed by atoms with Crippen LogP contribution in [0.15, 0.2) is 24.5 Å². The monoisotopic (exact) mass is 237 g/mol. The summed E-state index contributed by atoms with van der Waals surface area (Å²) in [4.78, 5) is 6.24. The first-order valence-electron chi connectivity index (χ1n) is 5.89. The Labute approximate surface area is 103 Å². The fraction of sp³-hybridized carbons (Fsp3) is 0.615. The van der Waals surface area contributed by atoms with Crippen molar-refractivity contribution in [2.75, 3.05) is 13.7 Å². The van der Waals surface area contributed by atoms with E-state index in [1.807, 2.05) is 46.1 Å². The molecule has 4 nitrogen and oxygen atoms in total. The number of aliphatic hydroxyl groups is 1. The highest BCUT2D eigenvalue weighted by Crippen LogP contribution is 2.27. The van der Waals surface area contributed by atoms with Crippen molar-refractivity contribution in [1.29, 1.82) is 0 Å². The average Bonchev–Trinajstić information content (AvgIpc) is 2.30. The number of hydrogen-bond acceptors (Lipinski definition) is 4. The van der Waals surface area contributed by atoms with Gasteiger partial charge in [0.05, 0.1) is 12.6 Å². The molecule has 0 aromatic carbocycles. The number of nitrogens with zero attached hydrogens (tertiary/aromatic N) is 2. The molecule has 0 fully saturated rings. The molecular formula is C13H23N3O. The summed E-state index contributed by atoms with van der Waals surface area (Å²) in [7, 11) is 1.98. The second kappa shape index (κ2) is 5.58. The molecule has 0 spiro atoms. The molecule has 1 heterocycles. The third kappa shape index (κ3) is 3.25. The highest BCUT2D eigenvalue weighted by Gasteiger charge is 2.31. The van der Waals surface area contributed by atoms with Crippen LogP contribution in [-0.4, -0.2) is 40.2 Å². The molecule has 1 rings (SSSR count). The van der Waals surface area contributed by atoms with E-state index in [9.17, 15) is 5.11 Å². The summed E-state index contributed by atoms with van der Waals surface area (Å²) in [5.41, 5.74) is 6.83. The molecule has 0 aliphatic carbocycles. The first-order chi connectivity index (χ1) is 7.90. The second-order valence-electron chi connectivity index (χ2n) is 5.17. The summed E-state index contributed by atoms with van der Waals surface area (Å²) in [5.74, 6) is 0. The first-order valence-corrected chi connectivity index (χ1v) is 5.89. The van der Waals surface area contributed by atoms with Crippen LogP contribution in [0, 0.1) is 0 Å². The van der Waals surface area contributed by atoms with Crippen molar-refractivity contribution < 1.29 is 5.11 Å². The lowest BCUT2D eigenvalue weighted by atomic mass is 9.95. The van der Waals surface area contributed by atoms with E-state index in [1.165, 1.54) is 0 Å². The summed E-state index contributed by atoms with van der Waals surface area (Å²) in [5, 5.41) is 9.44. The number of pyridine rings is 1. The zero-order chi connectivity index (χ0) is 13.1. The molecule has 4 heteroatoms. The van der Waals surface area contributed by atoms with Crippen molar-refractivity contribution in [2.45, 2.75) is 38.4 Å². The normalized spacial score (nSPS) is 15.9. The van der Waals surface area contributed by atoms with Gasteiger partial charge in [0, 0.05) is 24.0 Å². The summed E-state index contributed by atoms with van der Waals surface area (Å²) in [6.07, 6.45) is 3.58. The summed E-state index contributed by atoms with van der Waals surface area (Å²) < 4.78 is 0. The van der Waals surface area contributed by atoms with Crippen molar-refractivity contribution >= 4 is 0 Å². The lowest BCUT2D eigenvalue weighted by Crippen LogP contribution is -2.50. The average molecular weight is 237 g/mol. The summed E-state index contributed by atoms with van der Waals surface area (Å²) >= 11 is 0. The molecule has 0 aliphatic heterocycles. The molecule has 96 valence electrons. The Bertz CT molecular complexity index is 338. The molecule has 0 bridgehead atoms. The van der Waals surface area contributed by atoms with Crippen LogP contribution < -0.4 is 5.73 Å². The van der Waals surface area contributed by atoms with E-state index >= 15 is 0 Å². The second-order valence-corrected chi connectivity index (χ2v) is 5.17.